The Balaban J connectivity index is 1.63. The first-order valence-corrected chi connectivity index (χ1v) is 8.74. The van der Waals surface area contributed by atoms with E-state index in [0.717, 1.165) is 35.3 Å². The molecule has 0 radical (unpaired) electrons. The summed E-state index contributed by atoms with van der Waals surface area (Å²) in [6.45, 7) is 8.98. The minimum atomic E-state index is -0.000723. The molecule has 0 aliphatic carbocycles. The average molecular weight is 322 g/mol. The molecule has 2 aromatic carbocycles. The predicted molar refractivity (Wildman–Crippen MR) is 99.7 cm³/mol. The quantitative estimate of drug-likeness (QED) is 0.917. The highest BCUT2D eigenvalue weighted by molar-refractivity contribution is 5.95. The van der Waals surface area contributed by atoms with Crippen LogP contribution < -0.4 is 10.2 Å². The molecule has 0 unspecified atom stereocenters. The summed E-state index contributed by atoms with van der Waals surface area (Å²) in [5.74, 6) is -0.000723. The fourth-order valence-electron chi connectivity index (χ4n) is 3.28. The molecule has 1 N–H and O–H groups in total. The number of anilines is 1. The van der Waals surface area contributed by atoms with Gasteiger partial charge >= 0.3 is 0 Å². The second kappa shape index (κ2) is 7.08. The first kappa shape index (κ1) is 16.6. The number of carbonyl (C=O) groups is 1. The third kappa shape index (κ3) is 3.61. The molecular formula is C21H26N2O. The summed E-state index contributed by atoms with van der Waals surface area (Å²) in [5, 5.41) is 3.04. The van der Waals surface area contributed by atoms with Crippen LogP contribution in [0.25, 0.3) is 0 Å². The summed E-state index contributed by atoms with van der Waals surface area (Å²) in [6.07, 6.45) is 2.57. The minimum absolute atomic E-state index is 0.000723. The van der Waals surface area contributed by atoms with Gasteiger partial charge < -0.3 is 10.2 Å². The average Bonchev–Trinajstić information content (AvgIpc) is 3.11. The maximum Gasteiger partial charge on any atom is 0.251 e. The van der Waals surface area contributed by atoms with E-state index in [-0.39, 0.29) is 5.91 Å². The Hall–Kier alpha value is -2.29. The van der Waals surface area contributed by atoms with Crippen molar-refractivity contribution in [3.8, 4) is 0 Å². The van der Waals surface area contributed by atoms with Crippen LogP contribution in [-0.2, 0) is 6.54 Å². The number of nitrogens with one attached hydrogen (secondary N) is 1. The molecule has 3 rings (SSSR count). The second-order valence-electron chi connectivity index (χ2n) is 6.79. The van der Waals surface area contributed by atoms with Gasteiger partial charge in [0.1, 0.15) is 0 Å². The highest BCUT2D eigenvalue weighted by atomic mass is 16.1. The van der Waals surface area contributed by atoms with Gasteiger partial charge in [-0.1, -0.05) is 18.2 Å². The van der Waals surface area contributed by atoms with Gasteiger partial charge in [-0.3, -0.25) is 4.79 Å². The third-order valence-electron chi connectivity index (χ3n) is 4.95. The summed E-state index contributed by atoms with van der Waals surface area (Å²) < 4.78 is 0. The zero-order chi connectivity index (χ0) is 17.1. The summed E-state index contributed by atoms with van der Waals surface area (Å²) in [7, 11) is 0. The summed E-state index contributed by atoms with van der Waals surface area (Å²) in [4.78, 5) is 14.9. The molecule has 3 nitrogen and oxygen atoms in total. The van der Waals surface area contributed by atoms with Gasteiger partial charge in [0.15, 0.2) is 0 Å². The molecule has 0 spiro atoms. The van der Waals surface area contributed by atoms with Crippen LogP contribution in [0, 0.1) is 20.8 Å². The van der Waals surface area contributed by atoms with Gasteiger partial charge in [0.25, 0.3) is 5.91 Å². The van der Waals surface area contributed by atoms with Crippen molar-refractivity contribution in [2.45, 2.75) is 40.2 Å². The molecule has 1 aliphatic rings. The lowest BCUT2D eigenvalue weighted by Crippen LogP contribution is -2.24. The number of nitrogens with zero attached hydrogens (tertiary/aromatic N) is 1. The van der Waals surface area contributed by atoms with E-state index in [1.54, 1.807) is 0 Å². The van der Waals surface area contributed by atoms with Crippen LogP contribution in [-0.4, -0.2) is 19.0 Å². The number of carbonyl (C=O) groups excluding carboxylic acids is 1. The Bertz CT molecular complexity index is 728. The molecule has 1 fully saturated rings. The van der Waals surface area contributed by atoms with E-state index in [4.69, 9.17) is 0 Å². The first-order valence-electron chi connectivity index (χ1n) is 8.74. The van der Waals surface area contributed by atoms with Crippen molar-refractivity contribution in [2.75, 3.05) is 18.0 Å². The van der Waals surface area contributed by atoms with Crippen molar-refractivity contribution in [2.24, 2.45) is 0 Å². The Morgan fingerprint density at radius 1 is 0.958 bits per heavy atom. The van der Waals surface area contributed by atoms with Crippen LogP contribution in [0.3, 0.4) is 0 Å². The number of hydrogen-bond acceptors (Lipinski definition) is 2. The highest BCUT2D eigenvalue weighted by Crippen LogP contribution is 2.20. The molecule has 0 atom stereocenters. The lowest BCUT2D eigenvalue weighted by Gasteiger charge is -2.17. The van der Waals surface area contributed by atoms with E-state index < -0.39 is 0 Å². The highest BCUT2D eigenvalue weighted by Gasteiger charge is 2.13. The topological polar surface area (TPSA) is 32.3 Å². The summed E-state index contributed by atoms with van der Waals surface area (Å²) >= 11 is 0. The van der Waals surface area contributed by atoms with Crippen molar-refractivity contribution >= 4 is 11.6 Å². The van der Waals surface area contributed by atoms with Crippen LogP contribution in [0.4, 0.5) is 5.69 Å². The maximum atomic E-state index is 12.5. The zero-order valence-electron chi connectivity index (χ0n) is 14.9. The molecule has 1 aliphatic heterocycles. The molecule has 0 bridgehead atoms. The smallest absolute Gasteiger partial charge is 0.251 e. The molecule has 0 aromatic heterocycles. The van der Waals surface area contributed by atoms with Crippen molar-refractivity contribution in [3.63, 3.8) is 0 Å². The number of amides is 1. The monoisotopic (exact) mass is 322 g/mol. The van der Waals surface area contributed by atoms with E-state index in [1.165, 1.54) is 24.1 Å². The molecule has 2 aromatic rings. The van der Waals surface area contributed by atoms with Crippen LogP contribution in [0.5, 0.6) is 0 Å². The molecule has 1 saturated heterocycles. The van der Waals surface area contributed by atoms with Gasteiger partial charge in [0, 0.05) is 30.9 Å². The van der Waals surface area contributed by atoms with Gasteiger partial charge in [0.2, 0.25) is 0 Å². The summed E-state index contributed by atoms with van der Waals surface area (Å²) in [6, 6.07) is 12.6. The predicted octanol–water partition coefficient (Wildman–Crippen LogP) is 4.14. The van der Waals surface area contributed by atoms with E-state index in [0.29, 0.717) is 6.54 Å². The molecule has 3 heteroatoms. The molecule has 1 heterocycles. The van der Waals surface area contributed by atoms with E-state index in [2.05, 4.69) is 47.5 Å². The first-order chi connectivity index (χ1) is 11.5. The SMILES string of the molecule is Cc1cc(C)c(C(=O)NCc2ccc(N3CCCC3)cc2)cc1C. The van der Waals surface area contributed by atoms with E-state index in [1.807, 2.05) is 19.9 Å². The van der Waals surface area contributed by atoms with Gasteiger partial charge in [-0.05, 0) is 74.1 Å². The number of hydrogen-bond donors (Lipinski definition) is 1. The van der Waals surface area contributed by atoms with Crippen molar-refractivity contribution in [3.05, 3.63) is 64.2 Å². The molecule has 0 saturated carbocycles. The normalized spacial score (nSPS) is 14.0. The Morgan fingerprint density at radius 3 is 2.25 bits per heavy atom. The number of benzene rings is 2. The third-order valence-corrected chi connectivity index (χ3v) is 4.95. The Kier molecular flexibility index (Phi) is 4.89. The fourth-order valence-corrected chi connectivity index (χ4v) is 3.28. The fraction of sp³-hybridized carbons (Fsp3) is 0.381. The zero-order valence-corrected chi connectivity index (χ0v) is 14.9. The lowest BCUT2D eigenvalue weighted by molar-refractivity contribution is 0.0950. The van der Waals surface area contributed by atoms with Crippen LogP contribution >= 0.6 is 0 Å². The Labute approximate surface area is 144 Å². The van der Waals surface area contributed by atoms with Gasteiger partial charge in [-0.25, -0.2) is 0 Å². The second-order valence-corrected chi connectivity index (χ2v) is 6.79. The molecule has 24 heavy (non-hydrogen) atoms. The van der Waals surface area contributed by atoms with Gasteiger partial charge in [-0.2, -0.15) is 0 Å². The van der Waals surface area contributed by atoms with E-state index >= 15 is 0 Å². The van der Waals surface area contributed by atoms with Crippen molar-refractivity contribution < 1.29 is 4.79 Å². The summed E-state index contributed by atoms with van der Waals surface area (Å²) in [5.41, 5.74) is 6.59. The molecule has 126 valence electrons. The molecular weight excluding hydrogens is 296 g/mol. The lowest BCUT2D eigenvalue weighted by atomic mass is 10.0. The Morgan fingerprint density at radius 2 is 1.58 bits per heavy atom. The molecule has 1 amide bonds. The van der Waals surface area contributed by atoms with Crippen LogP contribution in [0.2, 0.25) is 0 Å². The largest absolute Gasteiger partial charge is 0.372 e. The van der Waals surface area contributed by atoms with Gasteiger partial charge in [0.05, 0.1) is 0 Å². The van der Waals surface area contributed by atoms with Crippen molar-refractivity contribution in [1.82, 2.24) is 5.32 Å². The van der Waals surface area contributed by atoms with Crippen LogP contribution in [0.15, 0.2) is 36.4 Å². The maximum absolute atomic E-state index is 12.5. The number of rotatable bonds is 4. The minimum Gasteiger partial charge on any atom is -0.372 e. The van der Waals surface area contributed by atoms with Gasteiger partial charge in [-0.15, -0.1) is 0 Å². The standard InChI is InChI=1S/C21H26N2O/c1-15-12-17(3)20(13-16(15)2)21(24)22-14-18-6-8-19(9-7-18)23-10-4-5-11-23/h6-9,12-13H,4-5,10-11,14H2,1-3H3,(H,22,24). The number of aryl methyl sites for hydroxylation is 3. The van der Waals surface area contributed by atoms with E-state index in [9.17, 15) is 4.79 Å². The van der Waals surface area contributed by atoms with Crippen LogP contribution in [0.1, 0.15) is 45.5 Å². The van der Waals surface area contributed by atoms with Crippen molar-refractivity contribution in [1.29, 1.82) is 0 Å².